The minimum Gasteiger partial charge on any atom is -0.389 e. The molecular weight excluding hydrogens is 174 g/mol. The molecule has 0 saturated carbocycles. The minimum absolute atomic E-state index is 0.0500. The lowest BCUT2D eigenvalue weighted by molar-refractivity contribution is -0.156. The first kappa shape index (κ1) is 10.6. The van der Waals surface area contributed by atoms with Crippen LogP contribution >= 0.6 is 0 Å². The predicted molar refractivity (Wildman–Crippen MR) is 45.0 cm³/mol. The van der Waals surface area contributed by atoms with Crippen molar-refractivity contribution in [1.82, 2.24) is 0 Å². The Bertz CT molecular complexity index is 195. The Balaban J connectivity index is 2.68. The fourth-order valence-electron chi connectivity index (χ4n) is 1.35. The number of aliphatic hydroxyl groups is 1. The van der Waals surface area contributed by atoms with Gasteiger partial charge in [-0.3, -0.25) is 0 Å². The Morgan fingerprint density at radius 3 is 2.69 bits per heavy atom. The highest BCUT2D eigenvalue weighted by Gasteiger charge is 2.44. The van der Waals surface area contributed by atoms with Gasteiger partial charge in [0.1, 0.15) is 12.2 Å². The van der Waals surface area contributed by atoms with Crippen molar-refractivity contribution in [3.05, 3.63) is 0 Å². The molecule has 3 atom stereocenters. The van der Waals surface area contributed by atoms with Crippen molar-refractivity contribution in [2.75, 3.05) is 6.54 Å². The zero-order chi connectivity index (χ0) is 10.1. The van der Waals surface area contributed by atoms with Crippen molar-refractivity contribution in [3.63, 3.8) is 0 Å². The molecule has 2 unspecified atom stereocenters. The Hall–Kier alpha value is -0.490. The highest BCUT2D eigenvalue weighted by atomic mass is 16.8. The van der Waals surface area contributed by atoms with Gasteiger partial charge in [0.2, 0.25) is 0 Å². The summed E-state index contributed by atoms with van der Waals surface area (Å²) in [4.78, 5) is 10.6. The summed E-state index contributed by atoms with van der Waals surface area (Å²) in [5.41, 5.74) is 5.26. The Morgan fingerprint density at radius 2 is 2.23 bits per heavy atom. The summed E-state index contributed by atoms with van der Waals surface area (Å²) in [6.45, 7) is 3.42. The van der Waals surface area contributed by atoms with E-state index in [1.54, 1.807) is 13.8 Å². The van der Waals surface area contributed by atoms with Gasteiger partial charge in [0, 0.05) is 6.54 Å². The molecule has 0 aromatic heterocycles. The van der Waals surface area contributed by atoms with Gasteiger partial charge in [-0.15, -0.1) is 0 Å². The molecule has 0 aliphatic carbocycles. The Morgan fingerprint density at radius 1 is 1.62 bits per heavy atom. The van der Waals surface area contributed by atoms with E-state index in [0.717, 1.165) is 0 Å². The van der Waals surface area contributed by atoms with Crippen LogP contribution in [0.5, 0.6) is 0 Å². The highest BCUT2D eigenvalue weighted by Crippen LogP contribution is 2.28. The first-order chi connectivity index (χ1) is 6.00. The minimum atomic E-state index is -0.864. The lowest BCUT2D eigenvalue weighted by Crippen LogP contribution is -2.40. The van der Waals surface area contributed by atoms with Crippen LogP contribution in [-0.4, -0.2) is 42.0 Å². The highest BCUT2D eigenvalue weighted by molar-refractivity contribution is 5.58. The van der Waals surface area contributed by atoms with Crippen LogP contribution in [0.1, 0.15) is 13.8 Å². The molecule has 0 aromatic carbocycles. The average Bonchev–Trinajstić information content (AvgIpc) is 2.39. The number of carbonyl (C=O) groups is 1. The monoisotopic (exact) mass is 189 g/mol. The molecule has 5 nitrogen and oxygen atoms in total. The Labute approximate surface area is 76.8 Å². The van der Waals surface area contributed by atoms with Gasteiger partial charge in [0.05, 0.1) is 6.10 Å². The van der Waals surface area contributed by atoms with Gasteiger partial charge in [0.15, 0.2) is 12.1 Å². The maximum atomic E-state index is 10.6. The number of ether oxygens (including phenoxy) is 2. The van der Waals surface area contributed by atoms with Crippen LogP contribution in [-0.2, 0) is 14.3 Å². The fourth-order valence-corrected chi connectivity index (χ4v) is 1.35. The van der Waals surface area contributed by atoms with Gasteiger partial charge >= 0.3 is 0 Å². The second-order valence-electron chi connectivity index (χ2n) is 3.50. The van der Waals surface area contributed by atoms with Crippen molar-refractivity contribution >= 4 is 6.29 Å². The van der Waals surface area contributed by atoms with Crippen LogP contribution in [0.15, 0.2) is 0 Å². The van der Waals surface area contributed by atoms with Crippen LogP contribution in [0.3, 0.4) is 0 Å². The number of nitrogens with two attached hydrogens (primary N) is 1. The molecule has 0 bridgehead atoms. The van der Waals surface area contributed by atoms with Crippen LogP contribution < -0.4 is 5.73 Å². The summed E-state index contributed by atoms with van der Waals surface area (Å²) in [5.74, 6) is -0.827. The van der Waals surface area contributed by atoms with Crippen molar-refractivity contribution < 1.29 is 19.4 Å². The average molecular weight is 189 g/mol. The van der Waals surface area contributed by atoms with E-state index < -0.39 is 24.1 Å². The van der Waals surface area contributed by atoms with Gasteiger partial charge < -0.3 is 25.1 Å². The van der Waals surface area contributed by atoms with E-state index >= 15 is 0 Å². The van der Waals surface area contributed by atoms with E-state index in [1.165, 1.54) is 0 Å². The molecule has 1 saturated heterocycles. The zero-order valence-electron chi connectivity index (χ0n) is 7.77. The largest absolute Gasteiger partial charge is 0.389 e. The van der Waals surface area contributed by atoms with Gasteiger partial charge in [-0.1, -0.05) is 0 Å². The van der Waals surface area contributed by atoms with Crippen molar-refractivity contribution in [2.24, 2.45) is 5.73 Å². The molecule has 3 N–H and O–H groups in total. The maximum Gasteiger partial charge on any atom is 0.164 e. The molecule has 76 valence electrons. The zero-order valence-corrected chi connectivity index (χ0v) is 7.77. The van der Waals surface area contributed by atoms with Gasteiger partial charge in [-0.05, 0) is 13.8 Å². The third-order valence-corrected chi connectivity index (χ3v) is 1.92. The van der Waals surface area contributed by atoms with E-state index in [2.05, 4.69) is 0 Å². The quantitative estimate of drug-likeness (QED) is 0.558. The SMILES string of the molecule is CC1(C)OC(C(O)CN)[C@@H](C=O)O1. The predicted octanol–water partition coefficient (Wildman–Crippen LogP) is -0.975. The van der Waals surface area contributed by atoms with Crippen molar-refractivity contribution in [2.45, 2.75) is 37.9 Å². The number of aldehydes is 1. The molecule has 1 fully saturated rings. The summed E-state index contributed by atoms with van der Waals surface area (Å²) >= 11 is 0. The molecule has 1 heterocycles. The molecular formula is C8H15NO4. The summed E-state index contributed by atoms with van der Waals surface area (Å²) < 4.78 is 10.5. The van der Waals surface area contributed by atoms with Gasteiger partial charge in [-0.25, -0.2) is 0 Å². The lowest BCUT2D eigenvalue weighted by atomic mass is 10.1. The number of rotatable bonds is 3. The number of aliphatic hydroxyl groups excluding tert-OH is 1. The number of hydrogen-bond donors (Lipinski definition) is 2. The second kappa shape index (κ2) is 3.71. The van der Waals surface area contributed by atoms with Crippen molar-refractivity contribution in [3.8, 4) is 0 Å². The summed E-state index contributed by atoms with van der Waals surface area (Å²) in [7, 11) is 0. The first-order valence-electron chi connectivity index (χ1n) is 4.19. The molecule has 0 radical (unpaired) electrons. The topological polar surface area (TPSA) is 81.8 Å². The molecule has 13 heavy (non-hydrogen) atoms. The van der Waals surface area contributed by atoms with E-state index in [9.17, 15) is 9.90 Å². The molecule has 5 heteroatoms. The van der Waals surface area contributed by atoms with Crippen molar-refractivity contribution in [1.29, 1.82) is 0 Å². The van der Waals surface area contributed by atoms with Crippen LogP contribution in [0.2, 0.25) is 0 Å². The summed E-state index contributed by atoms with van der Waals surface area (Å²) in [6, 6.07) is 0. The van der Waals surface area contributed by atoms with Gasteiger partial charge in [0.25, 0.3) is 0 Å². The van der Waals surface area contributed by atoms with E-state index in [0.29, 0.717) is 6.29 Å². The smallest absolute Gasteiger partial charge is 0.164 e. The van der Waals surface area contributed by atoms with Gasteiger partial charge in [-0.2, -0.15) is 0 Å². The lowest BCUT2D eigenvalue weighted by Gasteiger charge is -2.19. The second-order valence-corrected chi connectivity index (χ2v) is 3.50. The molecule has 0 amide bonds. The Kier molecular flexibility index (Phi) is 3.02. The summed E-state index contributed by atoms with van der Waals surface area (Å²) in [6.07, 6.45) is -1.62. The summed E-state index contributed by atoms with van der Waals surface area (Å²) in [5, 5.41) is 9.40. The van der Waals surface area contributed by atoms with E-state index in [4.69, 9.17) is 15.2 Å². The first-order valence-corrected chi connectivity index (χ1v) is 4.19. The molecule has 1 aliphatic rings. The maximum absolute atomic E-state index is 10.6. The van der Waals surface area contributed by atoms with E-state index in [-0.39, 0.29) is 6.54 Å². The normalized spacial score (nSPS) is 34.5. The van der Waals surface area contributed by atoms with Crippen LogP contribution in [0.25, 0.3) is 0 Å². The molecule has 1 aliphatic heterocycles. The fraction of sp³-hybridized carbons (Fsp3) is 0.875. The molecule has 1 rings (SSSR count). The number of carbonyl (C=O) groups excluding carboxylic acids is 1. The van der Waals surface area contributed by atoms with E-state index in [1.807, 2.05) is 0 Å². The molecule has 0 aromatic rings. The third kappa shape index (κ3) is 2.25. The third-order valence-electron chi connectivity index (χ3n) is 1.92. The standard InChI is InChI=1S/C8H15NO4/c1-8(2)12-6(4-10)7(13-8)5(11)3-9/h4-7,11H,3,9H2,1-2H3/t5?,6-,7?/m1/s1. The van der Waals surface area contributed by atoms with Crippen LogP contribution in [0.4, 0.5) is 0 Å². The number of hydrogen-bond acceptors (Lipinski definition) is 5. The van der Waals surface area contributed by atoms with Crippen LogP contribution in [0, 0.1) is 0 Å². The molecule has 0 spiro atoms.